The maximum Gasteiger partial charge on any atom is 0.186 e. The number of ether oxygens (including phenoxy) is 6. The summed E-state index contributed by atoms with van der Waals surface area (Å²) in [6.07, 6.45) is -4.06. The van der Waals surface area contributed by atoms with Crippen LogP contribution in [0.25, 0.3) is 10.4 Å². The highest BCUT2D eigenvalue weighted by Gasteiger charge is 2.51. The van der Waals surface area contributed by atoms with Crippen LogP contribution in [0, 0.1) is 0 Å². The lowest BCUT2D eigenvalue weighted by molar-refractivity contribution is -0.329. The molecule has 3 aromatic carbocycles. The first-order valence-electron chi connectivity index (χ1n) is 15.2. The minimum absolute atomic E-state index is 0.216. The second-order valence-electron chi connectivity index (χ2n) is 11.2. The third-order valence-electron chi connectivity index (χ3n) is 8.07. The summed E-state index contributed by atoms with van der Waals surface area (Å²) in [4.78, 5) is 3.01. The molecule has 240 valence electrons. The van der Waals surface area contributed by atoms with Crippen LogP contribution in [0.4, 0.5) is 0 Å². The Kier molecular flexibility index (Phi) is 12.3. The van der Waals surface area contributed by atoms with E-state index in [4.69, 9.17) is 28.4 Å². The van der Waals surface area contributed by atoms with Crippen molar-refractivity contribution < 1.29 is 33.5 Å². The molecule has 0 aromatic heterocycles. The van der Waals surface area contributed by atoms with Gasteiger partial charge in [0, 0.05) is 4.91 Å². The van der Waals surface area contributed by atoms with E-state index < -0.39 is 49.0 Å². The van der Waals surface area contributed by atoms with Gasteiger partial charge in [-0.3, -0.25) is 0 Å². The summed E-state index contributed by atoms with van der Waals surface area (Å²) in [5.74, 6) is 0. The molecule has 2 fully saturated rings. The lowest BCUT2D eigenvalue weighted by atomic mass is 9.96. The van der Waals surface area contributed by atoms with Gasteiger partial charge in [0.15, 0.2) is 6.29 Å². The average molecular weight is 636 g/mol. The zero-order valence-electron chi connectivity index (χ0n) is 25.7. The van der Waals surface area contributed by atoms with Gasteiger partial charge in [0.1, 0.15) is 29.9 Å². The SMILES string of the molecule is CS[C@@H]1OC(C)[C@H](OCc2ccccc2)C(O[C@@H]2OC(C)[C@@H](N=[N+]=[N-])C(OCc3ccccc3)C2O)C1OCc1ccccc1. The standard InChI is InChI=1S/C34H41N3O7S/c1-22-27(36-37-35)30(40-20-25-15-9-5-10-16-25)28(38)33(42-22)44-31-29(39-19-24-13-7-4-8-14-24)23(2)43-34(45-3)32(31)41-21-26-17-11-6-12-18-26/h4-18,22-23,27-34,38H,19-21H2,1-3H3/t22?,23?,27-,28?,29+,30?,31?,32?,33+,34+/m1/s1. The molecule has 10 atom stereocenters. The summed E-state index contributed by atoms with van der Waals surface area (Å²) in [6, 6.07) is 28.6. The van der Waals surface area contributed by atoms with Crippen LogP contribution in [0.2, 0.25) is 0 Å². The number of nitrogens with zero attached hydrogens (tertiary/aromatic N) is 3. The maximum atomic E-state index is 11.7. The molecule has 11 heteroatoms. The van der Waals surface area contributed by atoms with Crippen molar-refractivity contribution in [2.75, 3.05) is 6.26 Å². The highest BCUT2D eigenvalue weighted by molar-refractivity contribution is 7.99. The summed E-state index contributed by atoms with van der Waals surface area (Å²) in [7, 11) is 0. The van der Waals surface area contributed by atoms with Crippen molar-refractivity contribution in [1.82, 2.24) is 0 Å². The van der Waals surface area contributed by atoms with Crippen LogP contribution in [0.5, 0.6) is 0 Å². The Hall–Kier alpha value is -2.96. The van der Waals surface area contributed by atoms with Crippen LogP contribution in [0.1, 0.15) is 30.5 Å². The number of hydrogen-bond donors (Lipinski definition) is 1. The fourth-order valence-electron chi connectivity index (χ4n) is 5.70. The van der Waals surface area contributed by atoms with Gasteiger partial charge in [0.05, 0.1) is 44.2 Å². The third kappa shape index (κ3) is 8.65. The van der Waals surface area contributed by atoms with Crippen molar-refractivity contribution in [3.05, 3.63) is 118 Å². The summed E-state index contributed by atoms with van der Waals surface area (Å²) >= 11 is 1.52. The summed E-state index contributed by atoms with van der Waals surface area (Å²) in [5.41, 5.74) is 11.9. The molecule has 2 aliphatic rings. The maximum absolute atomic E-state index is 11.7. The molecule has 45 heavy (non-hydrogen) atoms. The highest BCUT2D eigenvalue weighted by atomic mass is 32.2. The number of aliphatic hydroxyl groups is 1. The predicted molar refractivity (Wildman–Crippen MR) is 171 cm³/mol. The second-order valence-corrected chi connectivity index (χ2v) is 12.2. The van der Waals surface area contributed by atoms with Gasteiger partial charge in [0.2, 0.25) is 0 Å². The van der Waals surface area contributed by atoms with Crippen molar-refractivity contribution in [3.63, 3.8) is 0 Å². The number of thioether (sulfide) groups is 1. The zero-order chi connectivity index (χ0) is 31.6. The van der Waals surface area contributed by atoms with Gasteiger partial charge >= 0.3 is 0 Å². The number of azide groups is 1. The lowest BCUT2D eigenvalue weighted by Crippen LogP contribution is -2.63. The molecular formula is C34H41N3O7S. The molecule has 2 aliphatic heterocycles. The van der Waals surface area contributed by atoms with Gasteiger partial charge < -0.3 is 33.5 Å². The topological polar surface area (TPSA) is 124 Å². The van der Waals surface area contributed by atoms with E-state index in [2.05, 4.69) is 10.0 Å². The molecule has 0 aliphatic carbocycles. The number of hydrogen-bond acceptors (Lipinski definition) is 9. The Bertz CT molecular complexity index is 1350. The molecule has 5 rings (SSSR count). The van der Waals surface area contributed by atoms with Gasteiger partial charge in [0.25, 0.3) is 0 Å². The lowest BCUT2D eigenvalue weighted by Gasteiger charge is -2.48. The third-order valence-corrected chi connectivity index (χ3v) is 8.92. The largest absolute Gasteiger partial charge is 0.385 e. The van der Waals surface area contributed by atoms with E-state index in [0.717, 1.165) is 16.7 Å². The molecule has 0 bridgehead atoms. The Morgan fingerprint density at radius 1 is 0.711 bits per heavy atom. The van der Waals surface area contributed by atoms with Crippen molar-refractivity contribution in [2.24, 2.45) is 5.11 Å². The molecule has 6 unspecified atom stereocenters. The fraction of sp³-hybridized carbons (Fsp3) is 0.471. The van der Waals surface area contributed by atoms with Crippen molar-refractivity contribution in [2.45, 2.75) is 94.2 Å². The fourth-order valence-corrected chi connectivity index (χ4v) is 6.49. The quantitative estimate of drug-likeness (QED) is 0.137. The normalized spacial score (nSPS) is 31.6. The smallest absolute Gasteiger partial charge is 0.186 e. The predicted octanol–water partition coefficient (Wildman–Crippen LogP) is 6.02. The Labute approximate surface area is 268 Å². The van der Waals surface area contributed by atoms with Crippen LogP contribution >= 0.6 is 11.8 Å². The van der Waals surface area contributed by atoms with E-state index >= 15 is 0 Å². The average Bonchev–Trinajstić information content (AvgIpc) is 3.07. The van der Waals surface area contributed by atoms with Crippen LogP contribution in [-0.2, 0) is 48.2 Å². The van der Waals surface area contributed by atoms with Gasteiger partial charge in [-0.15, -0.1) is 11.8 Å². The van der Waals surface area contributed by atoms with Gasteiger partial charge in [-0.05, 0) is 42.3 Å². The molecule has 3 aromatic rings. The molecule has 10 nitrogen and oxygen atoms in total. The molecule has 0 saturated carbocycles. The highest BCUT2D eigenvalue weighted by Crippen LogP contribution is 2.36. The first-order chi connectivity index (χ1) is 22.0. The molecule has 2 heterocycles. The first-order valence-corrected chi connectivity index (χ1v) is 16.4. The van der Waals surface area contributed by atoms with Gasteiger partial charge in [-0.25, -0.2) is 0 Å². The summed E-state index contributed by atoms with van der Waals surface area (Å²) in [6.45, 7) is 4.61. The molecule has 0 radical (unpaired) electrons. The van der Waals surface area contributed by atoms with E-state index in [1.807, 2.05) is 104 Å². The van der Waals surface area contributed by atoms with Crippen molar-refractivity contribution >= 4 is 11.8 Å². The van der Waals surface area contributed by atoms with Crippen LogP contribution in [-0.4, -0.2) is 71.9 Å². The van der Waals surface area contributed by atoms with Crippen molar-refractivity contribution in [3.8, 4) is 0 Å². The van der Waals surface area contributed by atoms with Crippen LogP contribution in [0.3, 0.4) is 0 Å². The Morgan fingerprint density at radius 2 is 1.20 bits per heavy atom. The van der Waals surface area contributed by atoms with E-state index in [9.17, 15) is 10.6 Å². The second kappa shape index (κ2) is 16.6. The minimum atomic E-state index is -1.27. The molecule has 0 amide bonds. The first kappa shape index (κ1) is 33.4. The Balaban J connectivity index is 1.41. The minimum Gasteiger partial charge on any atom is -0.385 e. The van der Waals surface area contributed by atoms with Crippen LogP contribution < -0.4 is 0 Å². The number of rotatable bonds is 13. The van der Waals surface area contributed by atoms with E-state index in [0.29, 0.717) is 13.2 Å². The number of aliphatic hydroxyl groups excluding tert-OH is 1. The monoisotopic (exact) mass is 635 g/mol. The molecule has 0 spiro atoms. The molecule has 1 N–H and O–H groups in total. The summed E-state index contributed by atoms with van der Waals surface area (Å²) in [5, 5.41) is 15.6. The zero-order valence-corrected chi connectivity index (χ0v) is 26.5. The summed E-state index contributed by atoms with van der Waals surface area (Å²) < 4.78 is 38.5. The van der Waals surface area contributed by atoms with E-state index in [-0.39, 0.29) is 18.1 Å². The number of benzene rings is 3. The van der Waals surface area contributed by atoms with Crippen molar-refractivity contribution in [1.29, 1.82) is 0 Å². The van der Waals surface area contributed by atoms with Gasteiger partial charge in [-0.1, -0.05) is 96.1 Å². The molecular weight excluding hydrogens is 594 g/mol. The van der Waals surface area contributed by atoms with E-state index in [1.54, 1.807) is 6.92 Å². The van der Waals surface area contributed by atoms with Gasteiger partial charge in [-0.2, -0.15) is 0 Å². The Morgan fingerprint density at radius 3 is 1.69 bits per heavy atom. The van der Waals surface area contributed by atoms with E-state index in [1.165, 1.54) is 11.8 Å². The molecule has 2 saturated heterocycles. The van der Waals surface area contributed by atoms with Crippen LogP contribution in [0.15, 0.2) is 96.1 Å².